The number of benzene rings is 2. The number of ether oxygens (including phenoxy) is 2. The Bertz CT molecular complexity index is 814. The second kappa shape index (κ2) is 8.71. The van der Waals surface area contributed by atoms with Crippen molar-refractivity contribution in [1.29, 1.82) is 0 Å². The summed E-state index contributed by atoms with van der Waals surface area (Å²) in [5.74, 6) is -0.0231. The maximum absolute atomic E-state index is 12.4. The van der Waals surface area contributed by atoms with Crippen molar-refractivity contribution in [2.45, 2.75) is 45.3 Å². The van der Waals surface area contributed by atoms with Gasteiger partial charge in [0, 0.05) is 6.54 Å². The van der Waals surface area contributed by atoms with E-state index in [9.17, 15) is 9.59 Å². The van der Waals surface area contributed by atoms with Crippen molar-refractivity contribution < 1.29 is 19.1 Å². The SMILES string of the molecule is COc1ccc(CNC(=O)[C@@H](C)OC(=O)c2ccc3c(c2)CCCC3)cc1. The van der Waals surface area contributed by atoms with Crippen LogP contribution in [0.15, 0.2) is 42.5 Å². The lowest BCUT2D eigenvalue weighted by Crippen LogP contribution is -2.35. The molecule has 1 aliphatic carbocycles. The van der Waals surface area contributed by atoms with Gasteiger partial charge in [-0.25, -0.2) is 4.79 Å². The maximum atomic E-state index is 12.4. The molecule has 0 radical (unpaired) electrons. The number of amides is 1. The van der Waals surface area contributed by atoms with Gasteiger partial charge in [0.05, 0.1) is 12.7 Å². The summed E-state index contributed by atoms with van der Waals surface area (Å²) >= 11 is 0. The molecule has 2 aromatic carbocycles. The number of esters is 1. The summed E-state index contributed by atoms with van der Waals surface area (Å²) in [7, 11) is 1.61. The number of aryl methyl sites for hydroxylation is 2. The first kappa shape index (κ1) is 19.0. The summed E-state index contributed by atoms with van der Waals surface area (Å²) in [5, 5.41) is 2.79. The molecule has 5 heteroatoms. The van der Waals surface area contributed by atoms with Crippen molar-refractivity contribution in [3.63, 3.8) is 0 Å². The van der Waals surface area contributed by atoms with Crippen LogP contribution in [0, 0.1) is 0 Å². The minimum Gasteiger partial charge on any atom is -0.497 e. The molecule has 0 spiro atoms. The average Bonchev–Trinajstić information content (AvgIpc) is 2.71. The van der Waals surface area contributed by atoms with Gasteiger partial charge in [-0.2, -0.15) is 0 Å². The third-order valence-electron chi connectivity index (χ3n) is 4.86. The Hall–Kier alpha value is -2.82. The second-order valence-electron chi connectivity index (χ2n) is 6.80. The number of methoxy groups -OCH3 is 1. The van der Waals surface area contributed by atoms with Gasteiger partial charge in [0.1, 0.15) is 5.75 Å². The van der Waals surface area contributed by atoms with Crippen LogP contribution >= 0.6 is 0 Å². The fraction of sp³-hybridized carbons (Fsp3) is 0.364. The summed E-state index contributed by atoms with van der Waals surface area (Å²) in [6.45, 7) is 1.95. The first-order chi connectivity index (χ1) is 13.1. The Balaban J connectivity index is 1.53. The second-order valence-corrected chi connectivity index (χ2v) is 6.80. The van der Waals surface area contributed by atoms with Gasteiger partial charge >= 0.3 is 5.97 Å². The quantitative estimate of drug-likeness (QED) is 0.795. The van der Waals surface area contributed by atoms with Gasteiger partial charge in [-0.1, -0.05) is 18.2 Å². The van der Waals surface area contributed by atoms with Crippen LogP contribution < -0.4 is 10.1 Å². The predicted octanol–water partition coefficient (Wildman–Crippen LogP) is 3.44. The highest BCUT2D eigenvalue weighted by Gasteiger charge is 2.20. The number of rotatable bonds is 6. The van der Waals surface area contributed by atoms with Gasteiger partial charge in [-0.15, -0.1) is 0 Å². The molecule has 1 amide bonds. The maximum Gasteiger partial charge on any atom is 0.338 e. The average molecular weight is 367 g/mol. The third kappa shape index (κ3) is 4.88. The van der Waals surface area contributed by atoms with Crippen LogP contribution in [0.4, 0.5) is 0 Å². The molecule has 1 N–H and O–H groups in total. The zero-order valence-corrected chi connectivity index (χ0v) is 15.8. The summed E-state index contributed by atoms with van der Waals surface area (Å²) in [4.78, 5) is 24.6. The molecule has 0 aromatic heterocycles. The van der Waals surface area contributed by atoms with E-state index in [1.54, 1.807) is 20.1 Å². The van der Waals surface area contributed by atoms with Crippen LogP contribution in [-0.4, -0.2) is 25.1 Å². The Labute approximate surface area is 159 Å². The molecule has 0 saturated heterocycles. The Morgan fingerprint density at radius 1 is 1.04 bits per heavy atom. The van der Waals surface area contributed by atoms with Gasteiger partial charge in [0.25, 0.3) is 5.91 Å². The summed E-state index contributed by atoms with van der Waals surface area (Å²) in [6, 6.07) is 13.1. The highest BCUT2D eigenvalue weighted by molar-refractivity contribution is 5.92. The highest BCUT2D eigenvalue weighted by atomic mass is 16.5. The van der Waals surface area contributed by atoms with Crippen LogP contribution in [0.1, 0.15) is 46.8 Å². The smallest absolute Gasteiger partial charge is 0.338 e. The molecule has 3 rings (SSSR count). The van der Waals surface area contributed by atoms with Crippen LogP contribution in [0.25, 0.3) is 0 Å². The third-order valence-corrected chi connectivity index (χ3v) is 4.86. The molecule has 5 nitrogen and oxygen atoms in total. The van der Waals surface area contributed by atoms with Gasteiger partial charge in [0.2, 0.25) is 0 Å². The van der Waals surface area contributed by atoms with E-state index in [4.69, 9.17) is 9.47 Å². The van der Waals surface area contributed by atoms with Crippen molar-refractivity contribution >= 4 is 11.9 Å². The molecule has 142 valence electrons. The van der Waals surface area contributed by atoms with Crippen LogP contribution in [0.5, 0.6) is 5.75 Å². The van der Waals surface area contributed by atoms with Crippen LogP contribution in [0.3, 0.4) is 0 Å². The number of nitrogens with one attached hydrogen (secondary N) is 1. The zero-order valence-electron chi connectivity index (χ0n) is 15.8. The lowest BCUT2D eigenvalue weighted by molar-refractivity contribution is -0.129. The van der Waals surface area contributed by atoms with E-state index >= 15 is 0 Å². The molecule has 27 heavy (non-hydrogen) atoms. The summed E-state index contributed by atoms with van der Waals surface area (Å²) < 4.78 is 10.5. The van der Waals surface area contributed by atoms with Gasteiger partial charge in [0.15, 0.2) is 6.10 Å². The normalized spacial score (nSPS) is 14.0. The molecular formula is C22H25NO4. The Kier molecular flexibility index (Phi) is 6.12. The molecule has 2 aromatic rings. The number of hydrogen-bond acceptors (Lipinski definition) is 4. The van der Waals surface area contributed by atoms with E-state index in [0.29, 0.717) is 12.1 Å². The molecule has 0 fully saturated rings. The van der Waals surface area contributed by atoms with Crippen LogP contribution in [-0.2, 0) is 28.9 Å². The van der Waals surface area contributed by atoms with Crippen molar-refractivity contribution in [2.24, 2.45) is 0 Å². The first-order valence-corrected chi connectivity index (χ1v) is 9.30. The molecule has 1 aliphatic rings. The lowest BCUT2D eigenvalue weighted by Gasteiger charge is -2.17. The lowest BCUT2D eigenvalue weighted by atomic mass is 9.90. The summed E-state index contributed by atoms with van der Waals surface area (Å²) in [6.07, 6.45) is 3.55. The van der Waals surface area contributed by atoms with E-state index in [1.165, 1.54) is 17.5 Å². The number of hydrogen-bond donors (Lipinski definition) is 1. The fourth-order valence-electron chi connectivity index (χ4n) is 3.22. The minimum atomic E-state index is -0.855. The molecule has 0 heterocycles. The van der Waals surface area contributed by atoms with Crippen molar-refractivity contribution in [1.82, 2.24) is 5.32 Å². The molecule has 1 atom stereocenters. The van der Waals surface area contributed by atoms with Crippen LogP contribution in [0.2, 0.25) is 0 Å². The summed E-state index contributed by atoms with van der Waals surface area (Å²) in [5.41, 5.74) is 3.97. The van der Waals surface area contributed by atoms with Crippen molar-refractivity contribution in [3.8, 4) is 5.75 Å². The number of carbonyl (C=O) groups excluding carboxylic acids is 2. The number of fused-ring (bicyclic) bond motifs is 1. The molecule has 0 unspecified atom stereocenters. The first-order valence-electron chi connectivity index (χ1n) is 9.30. The minimum absolute atomic E-state index is 0.322. The topological polar surface area (TPSA) is 64.6 Å². The van der Waals surface area contributed by atoms with E-state index in [2.05, 4.69) is 5.32 Å². The van der Waals surface area contributed by atoms with Gasteiger partial charge < -0.3 is 14.8 Å². The largest absolute Gasteiger partial charge is 0.497 e. The van der Waals surface area contributed by atoms with E-state index in [1.807, 2.05) is 36.4 Å². The molecule has 0 saturated carbocycles. The molecular weight excluding hydrogens is 342 g/mol. The zero-order chi connectivity index (χ0) is 19.2. The number of carbonyl (C=O) groups is 2. The van der Waals surface area contributed by atoms with Crippen molar-refractivity contribution in [2.75, 3.05) is 7.11 Å². The standard InChI is InChI=1S/C22H25NO4/c1-15(21(24)23-14-16-7-11-20(26-2)12-8-16)27-22(25)19-10-9-17-5-3-4-6-18(17)13-19/h7-13,15H,3-6,14H2,1-2H3,(H,23,24)/t15-/m1/s1. The van der Waals surface area contributed by atoms with E-state index in [-0.39, 0.29) is 5.91 Å². The van der Waals surface area contributed by atoms with E-state index < -0.39 is 12.1 Å². The highest BCUT2D eigenvalue weighted by Crippen LogP contribution is 2.22. The van der Waals surface area contributed by atoms with E-state index in [0.717, 1.165) is 30.6 Å². The van der Waals surface area contributed by atoms with Crippen molar-refractivity contribution in [3.05, 3.63) is 64.7 Å². The Morgan fingerprint density at radius 3 is 2.44 bits per heavy atom. The Morgan fingerprint density at radius 2 is 1.74 bits per heavy atom. The molecule has 0 aliphatic heterocycles. The fourth-order valence-corrected chi connectivity index (χ4v) is 3.22. The predicted molar refractivity (Wildman–Crippen MR) is 103 cm³/mol. The molecule has 0 bridgehead atoms. The van der Waals surface area contributed by atoms with Gasteiger partial charge in [-0.05, 0) is 73.6 Å². The van der Waals surface area contributed by atoms with Gasteiger partial charge in [-0.3, -0.25) is 4.79 Å². The monoisotopic (exact) mass is 367 g/mol.